The molecule has 3 rings (SSSR count). The molecule has 154 valence electrons. The van der Waals surface area contributed by atoms with Gasteiger partial charge in [-0.05, 0) is 32.9 Å². The van der Waals surface area contributed by atoms with Crippen molar-refractivity contribution in [3.05, 3.63) is 92.7 Å². The first kappa shape index (κ1) is 21.7. The summed E-state index contributed by atoms with van der Waals surface area (Å²) in [6.07, 6.45) is -1.06. The topological polar surface area (TPSA) is 60.4 Å². The maximum Gasteiger partial charge on any atom is 0.307 e. The Morgan fingerprint density at radius 3 is 1.97 bits per heavy atom. The molecule has 4 nitrogen and oxygen atoms in total. The maximum absolute atomic E-state index is 13.1. The van der Waals surface area contributed by atoms with Gasteiger partial charge in [0.1, 0.15) is 0 Å². The molecule has 0 saturated carbocycles. The third kappa shape index (κ3) is 5.51. The molecule has 3 aromatic rings. The van der Waals surface area contributed by atoms with Crippen molar-refractivity contribution in [1.82, 2.24) is 0 Å². The van der Waals surface area contributed by atoms with Crippen LogP contribution < -0.4 is 0 Å². The van der Waals surface area contributed by atoms with Crippen LogP contribution in [0.3, 0.4) is 0 Å². The summed E-state index contributed by atoms with van der Waals surface area (Å²) in [4.78, 5) is 39.6. The van der Waals surface area contributed by atoms with Gasteiger partial charge in [0.25, 0.3) is 0 Å². The number of hydrogen-bond donors (Lipinski definition) is 0. The summed E-state index contributed by atoms with van der Waals surface area (Å²) < 4.78 is 5.58. The highest BCUT2D eigenvalue weighted by atomic mass is 32.1. The van der Waals surface area contributed by atoms with E-state index in [1.54, 1.807) is 30.3 Å². The lowest BCUT2D eigenvalue weighted by atomic mass is 9.98. The number of carbonyl (C=O) groups is 3. The SMILES string of the molecule is Cc1ccc(C(=O)C(OC(=O)CCC(=O)c2ccc(C)s2)c2ccc(C)cc2)cc1. The van der Waals surface area contributed by atoms with E-state index in [9.17, 15) is 14.4 Å². The van der Waals surface area contributed by atoms with Gasteiger partial charge in [0.05, 0.1) is 11.3 Å². The summed E-state index contributed by atoms with van der Waals surface area (Å²) in [5, 5.41) is 0. The van der Waals surface area contributed by atoms with Gasteiger partial charge in [-0.15, -0.1) is 11.3 Å². The summed E-state index contributed by atoms with van der Waals surface area (Å²) >= 11 is 1.41. The van der Waals surface area contributed by atoms with Crippen LogP contribution in [0.1, 0.15) is 60.5 Å². The molecule has 5 heteroatoms. The van der Waals surface area contributed by atoms with Crippen LogP contribution in [-0.2, 0) is 9.53 Å². The van der Waals surface area contributed by atoms with Gasteiger partial charge in [-0.1, -0.05) is 59.7 Å². The predicted molar refractivity (Wildman–Crippen MR) is 118 cm³/mol. The normalized spacial score (nSPS) is 11.7. The minimum atomic E-state index is -1.04. The van der Waals surface area contributed by atoms with E-state index < -0.39 is 12.1 Å². The van der Waals surface area contributed by atoms with E-state index in [2.05, 4.69) is 0 Å². The first-order chi connectivity index (χ1) is 14.3. The molecule has 0 N–H and O–H groups in total. The Labute approximate surface area is 180 Å². The number of carbonyl (C=O) groups excluding carboxylic acids is 3. The second-order valence-corrected chi connectivity index (χ2v) is 8.63. The summed E-state index contributed by atoms with van der Waals surface area (Å²) in [5.41, 5.74) is 3.17. The molecule has 0 aliphatic carbocycles. The van der Waals surface area contributed by atoms with Crippen LogP contribution in [0.2, 0.25) is 0 Å². The second-order valence-electron chi connectivity index (χ2n) is 7.34. The quantitative estimate of drug-likeness (QED) is 0.341. The van der Waals surface area contributed by atoms with Crippen molar-refractivity contribution < 1.29 is 19.1 Å². The average Bonchev–Trinajstić information content (AvgIpc) is 3.17. The Morgan fingerprint density at radius 1 is 0.800 bits per heavy atom. The highest BCUT2D eigenvalue weighted by Gasteiger charge is 2.26. The molecule has 0 fully saturated rings. The van der Waals surface area contributed by atoms with E-state index in [0.29, 0.717) is 16.0 Å². The van der Waals surface area contributed by atoms with Crippen LogP contribution in [0.5, 0.6) is 0 Å². The fourth-order valence-corrected chi connectivity index (χ4v) is 3.83. The predicted octanol–water partition coefficient (Wildman–Crippen LogP) is 5.80. The maximum atomic E-state index is 13.1. The van der Waals surface area contributed by atoms with Crippen LogP contribution >= 0.6 is 11.3 Å². The van der Waals surface area contributed by atoms with Crippen molar-refractivity contribution in [2.45, 2.75) is 39.7 Å². The largest absolute Gasteiger partial charge is 0.449 e. The van der Waals surface area contributed by atoms with E-state index >= 15 is 0 Å². The van der Waals surface area contributed by atoms with Crippen molar-refractivity contribution in [3.63, 3.8) is 0 Å². The van der Waals surface area contributed by atoms with Crippen molar-refractivity contribution in [2.75, 3.05) is 0 Å². The lowest BCUT2D eigenvalue weighted by Gasteiger charge is -2.18. The standard InChI is InChI=1S/C25H24O4S/c1-16-4-9-19(10-5-16)24(28)25(20-11-6-17(2)7-12-20)29-23(27)15-13-21(26)22-14-8-18(3)30-22/h4-12,14,25H,13,15H2,1-3H3. The van der Waals surface area contributed by atoms with E-state index in [0.717, 1.165) is 16.0 Å². The minimum absolute atomic E-state index is 0.0537. The molecule has 1 heterocycles. The fourth-order valence-electron chi connectivity index (χ4n) is 3.00. The van der Waals surface area contributed by atoms with Gasteiger partial charge in [-0.25, -0.2) is 0 Å². The summed E-state index contributed by atoms with van der Waals surface area (Å²) in [5.74, 6) is -0.947. The molecule has 2 aromatic carbocycles. The monoisotopic (exact) mass is 420 g/mol. The van der Waals surface area contributed by atoms with Gasteiger partial charge in [-0.2, -0.15) is 0 Å². The van der Waals surface area contributed by atoms with Crippen LogP contribution in [0.4, 0.5) is 0 Å². The Balaban J connectivity index is 1.73. The van der Waals surface area contributed by atoms with Gasteiger partial charge in [-0.3, -0.25) is 14.4 Å². The number of ether oxygens (including phenoxy) is 1. The van der Waals surface area contributed by atoms with Crippen molar-refractivity contribution in [2.24, 2.45) is 0 Å². The Bertz CT molecular complexity index is 1050. The lowest BCUT2D eigenvalue weighted by molar-refractivity contribution is -0.147. The molecular formula is C25H24O4S. The van der Waals surface area contributed by atoms with Gasteiger partial charge in [0.2, 0.25) is 5.78 Å². The van der Waals surface area contributed by atoms with Gasteiger partial charge >= 0.3 is 5.97 Å². The molecule has 0 amide bonds. The number of hydrogen-bond acceptors (Lipinski definition) is 5. The first-order valence-corrected chi connectivity index (χ1v) is 10.6. The number of rotatable bonds is 8. The number of esters is 1. The van der Waals surface area contributed by atoms with Crippen LogP contribution in [0.15, 0.2) is 60.7 Å². The molecule has 30 heavy (non-hydrogen) atoms. The highest BCUT2D eigenvalue weighted by Crippen LogP contribution is 2.25. The van der Waals surface area contributed by atoms with E-state index in [1.165, 1.54) is 11.3 Å². The number of thiophene rings is 1. The molecule has 1 unspecified atom stereocenters. The molecule has 1 aromatic heterocycles. The van der Waals surface area contributed by atoms with E-state index in [4.69, 9.17) is 4.74 Å². The Kier molecular flexibility index (Phi) is 6.95. The number of Topliss-reactive ketones (excluding diaryl/α,β-unsaturated/α-hetero) is 2. The number of benzene rings is 2. The molecule has 0 saturated heterocycles. The summed E-state index contributed by atoms with van der Waals surface area (Å²) in [6, 6.07) is 18.1. The van der Waals surface area contributed by atoms with Crippen LogP contribution in [0.25, 0.3) is 0 Å². The fraction of sp³-hybridized carbons (Fsp3) is 0.240. The van der Waals surface area contributed by atoms with Crippen molar-refractivity contribution in [1.29, 1.82) is 0 Å². The third-order valence-electron chi connectivity index (χ3n) is 4.77. The smallest absolute Gasteiger partial charge is 0.307 e. The van der Waals surface area contributed by atoms with Gasteiger partial charge < -0.3 is 4.74 Å². The van der Waals surface area contributed by atoms with E-state index in [1.807, 2.05) is 51.1 Å². The van der Waals surface area contributed by atoms with Gasteiger partial charge in [0, 0.05) is 22.4 Å². The van der Waals surface area contributed by atoms with Crippen LogP contribution in [-0.4, -0.2) is 17.5 Å². The zero-order chi connectivity index (χ0) is 21.7. The number of ketones is 2. The van der Waals surface area contributed by atoms with Crippen molar-refractivity contribution in [3.8, 4) is 0 Å². The zero-order valence-electron chi connectivity index (χ0n) is 17.3. The van der Waals surface area contributed by atoms with Crippen molar-refractivity contribution >= 4 is 28.9 Å². The summed E-state index contributed by atoms with van der Waals surface area (Å²) in [6.45, 7) is 5.82. The van der Waals surface area contributed by atoms with Gasteiger partial charge in [0.15, 0.2) is 11.9 Å². The van der Waals surface area contributed by atoms with E-state index in [-0.39, 0.29) is 24.4 Å². The molecule has 0 aliphatic heterocycles. The molecule has 0 aliphatic rings. The average molecular weight is 421 g/mol. The highest BCUT2D eigenvalue weighted by molar-refractivity contribution is 7.14. The number of aryl methyl sites for hydroxylation is 3. The second kappa shape index (κ2) is 9.63. The lowest BCUT2D eigenvalue weighted by Crippen LogP contribution is -2.20. The first-order valence-electron chi connectivity index (χ1n) is 9.80. The zero-order valence-corrected chi connectivity index (χ0v) is 18.1. The molecule has 1 atom stereocenters. The molecule has 0 radical (unpaired) electrons. The molecular weight excluding hydrogens is 396 g/mol. The Morgan fingerprint density at radius 2 is 1.40 bits per heavy atom. The molecule has 0 bridgehead atoms. The Hall–Kier alpha value is -3.05. The van der Waals surface area contributed by atoms with Crippen LogP contribution in [0, 0.1) is 20.8 Å². The summed E-state index contributed by atoms with van der Waals surface area (Å²) in [7, 11) is 0. The molecule has 0 spiro atoms. The third-order valence-corrected chi connectivity index (χ3v) is 5.82. The minimum Gasteiger partial charge on any atom is -0.449 e.